The number of amides is 1. The van der Waals surface area contributed by atoms with Crippen LogP contribution in [0.4, 0.5) is 0 Å². The van der Waals surface area contributed by atoms with Gasteiger partial charge >= 0.3 is 0 Å². The molecule has 0 saturated carbocycles. The molecular formula is C25H35NO3. The highest BCUT2D eigenvalue weighted by Gasteiger charge is 2.19. The van der Waals surface area contributed by atoms with Gasteiger partial charge in [0, 0.05) is 20.0 Å². The molecule has 29 heavy (non-hydrogen) atoms. The molecule has 0 aliphatic rings. The lowest BCUT2D eigenvalue weighted by Gasteiger charge is -2.27. The minimum absolute atomic E-state index is 0.101. The van der Waals surface area contributed by atoms with Crippen molar-refractivity contribution in [1.29, 1.82) is 0 Å². The van der Waals surface area contributed by atoms with Crippen LogP contribution in [-0.4, -0.2) is 30.6 Å². The lowest BCUT2D eigenvalue weighted by atomic mass is 9.85. The maximum atomic E-state index is 12.2. The predicted octanol–water partition coefficient (Wildman–Crippen LogP) is 5.66. The zero-order valence-electron chi connectivity index (χ0n) is 18.6. The van der Waals surface area contributed by atoms with Crippen LogP contribution >= 0.6 is 0 Å². The molecule has 2 aromatic rings. The minimum atomic E-state index is 0.101. The number of methoxy groups -OCH3 is 1. The van der Waals surface area contributed by atoms with Gasteiger partial charge in [-0.05, 0) is 67.5 Å². The van der Waals surface area contributed by atoms with Crippen LogP contribution in [0.2, 0.25) is 0 Å². The average Bonchev–Trinajstić information content (AvgIpc) is 2.68. The number of ether oxygens (including phenoxy) is 2. The van der Waals surface area contributed by atoms with Gasteiger partial charge < -0.3 is 14.4 Å². The van der Waals surface area contributed by atoms with Crippen LogP contribution in [0.3, 0.4) is 0 Å². The Kier molecular flexibility index (Phi) is 8.56. The van der Waals surface area contributed by atoms with E-state index in [1.54, 1.807) is 14.0 Å². The van der Waals surface area contributed by atoms with E-state index in [4.69, 9.17) is 9.47 Å². The molecule has 0 aromatic heterocycles. The Labute approximate surface area is 175 Å². The van der Waals surface area contributed by atoms with Crippen LogP contribution < -0.4 is 9.47 Å². The standard InChI is InChI=1S/C25H35NO3/c1-18(2)25(22-9-13-24(14-10-22)29-19(3)4)15-16-26(20(5)27)17-21-7-11-23(28-6)12-8-21/h7-14,18-19,25H,15-17H2,1-6H3/t25-/m0/s1. The maximum Gasteiger partial charge on any atom is 0.219 e. The predicted molar refractivity (Wildman–Crippen MR) is 118 cm³/mol. The SMILES string of the molecule is COc1ccc(CN(CC[C@H](c2ccc(OC(C)C)cc2)C(C)C)C(C)=O)cc1. The van der Waals surface area contributed by atoms with Crippen molar-refractivity contribution in [3.05, 3.63) is 59.7 Å². The van der Waals surface area contributed by atoms with Gasteiger partial charge in [0.1, 0.15) is 11.5 Å². The number of nitrogens with zero attached hydrogens (tertiary/aromatic N) is 1. The van der Waals surface area contributed by atoms with E-state index in [1.807, 2.05) is 55.1 Å². The third kappa shape index (κ3) is 7.12. The highest BCUT2D eigenvalue weighted by molar-refractivity contribution is 5.73. The maximum absolute atomic E-state index is 12.2. The molecule has 4 heteroatoms. The van der Waals surface area contributed by atoms with E-state index in [1.165, 1.54) is 5.56 Å². The summed E-state index contributed by atoms with van der Waals surface area (Å²) in [5, 5.41) is 0. The number of hydrogen-bond donors (Lipinski definition) is 0. The number of rotatable bonds is 10. The molecule has 4 nitrogen and oxygen atoms in total. The first-order valence-electron chi connectivity index (χ1n) is 10.4. The number of carbonyl (C=O) groups is 1. The molecule has 0 heterocycles. The summed E-state index contributed by atoms with van der Waals surface area (Å²) in [6, 6.07) is 16.3. The molecule has 1 atom stereocenters. The fourth-order valence-electron chi connectivity index (χ4n) is 3.54. The summed E-state index contributed by atoms with van der Waals surface area (Å²) in [5.41, 5.74) is 2.40. The molecule has 0 aliphatic heterocycles. The molecule has 2 aromatic carbocycles. The fourth-order valence-corrected chi connectivity index (χ4v) is 3.54. The molecule has 0 bridgehead atoms. The van der Waals surface area contributed by atoms with E-state index in [-0.39, 0.29) is 12.0 Å². The fraction of sp³-hybridized carbons (Fsp3) is 0.480. The highest BCUT2D eigenvalue weighted by Crippen LogP contribution is 2.30. The first kappa shape index (κ1) is 22.8. The van der Waals surface area contributed by atoms with Gasteiger partial charge in [-0.3, -0.25) is 4.79 Å². The molecule has 0 aliphatic carbocycles. The van der Waals surface area contributed by atoms with Crippen LogP contribution in [0.5, 0.6) is 11.5 Å². The first-order chi connectivity index (χ1) is 13.8. The van der Waals surface area contributed by atoms with Gasteiger partial charge in [0.2, 0.25) is 5.91 Å². The van der Waals surface area contributed by atoms with Crippen LogP contribution in [-0.2, 0) is 11.3 Å². The number of hydrogen-bond acceptors (Lipinski definition) is 3. The van der Waals surface area contributed by atoms with E-state index < -0.39 is 0 Å². The Morgan fingerprint density at radius 1 is 0.931 bits per heavy atom. The largest absolute Gasteiger partial charge is 0.497 e. The molecule has 2 rings (SSSR count). The van der Waals surface area contributed by atoms with Gasteiger partial charge in [-0.15, -0.1) is 0 Å². The van der Waals surface area contributed by atoms with Crippen molar-refractivity contribution in [2.24, 2.45) is 5.92 Å². The second-order valence-electron chi connectivity index (χ2n) is 8.16. The number of benzene rings is 2. The zero-order valence-corrected chi connectivity index (χ0v) is 18.6. The molecule has 0 fully saturated rings. The lowest BCUT2D eigenvalue weighted by molar-refractivity contribution is -0.129. The van der Waals surface area contributed by atoms with Crippen LogP contribution in [0.1, 0.15) is 58.1 Å². The second-order valence-corrected chi connectivity index (χ2v) is 8.16. The molecule has 1 amide bonds. The van der Waals surface area contributed by atoms with Gasteiger partial charge in [0.25, 0.3) is 0 Å². The lowest BCUT2D eigenvalue weighted by Crippen LogP contribution is -2.30. The Balaban J connectivity index is 2.04. The number of carbonyl (C=O) groups excluding carboxylic acids is 1. The Bertz CT molecular complexity index is 751. The summed E-state index contributed by atoms with van der Waals surface area (Å²) >= 11 is 0. The van der Waals surface area contributed by atoms with Gasteiger partial charge in [0.15, 0.2) is 0 Å². The smallest absolute Gasteiger partial charge is 0.219 e. The Morgan fingerprint density at radius 2 is 1.52 bits per heavy atom. The zero-order chi connectivity index (χ0) is 21.4. The Hall–Kier alpha value is -2.49. The molecule has 0 N–H and O–H groups in total. The summed E-state index contributed by atoms with van der Waals surface area (Å²) in [6.07, 6.45) is 1.10. The van der Waals surface area contributed by atoms with Gasteiger partial charge in [0.05, 0.1) is 13.2 Å². The van der Waals surface area contributed by atoms with E-state index >= 15 is 0 Å². The summed E-state index contributed by atoms with van der Waals surface area (Å²) < 4.78 is 11.0. The van der Waals surface area contributed by atoms with Crippen molar-refractivity contribution < 1.29 is 14.3 Å². The minimum Gasteiger partial charge on any atom is -0.497 e. The van der Waals surface area contributed by atoms with E-state index in [0.717, 1.165) is 30.0 Å². The van der Waals surface area contributed by atoms with Gasteiger partial charge in [-0.2, -0.15) is 0 Å². The van der Waals surface area contributed by atoms with Crippen molar-refractivity contribution in [1.82, 2.24) is 4.90 Å². The van der Waals surface area contributed by atoms with Gasteiger partial charge in [-0.25, -0.2) is 0 Å². The molecule has 0 saturated heterocycles. The van der Waals surface area contributed by atoms with Crippen molar-refractivity contribution >= 4 is 5.91 Å². The summed E-state index contributed by atoms with van der Waals surface area (Å²) in [4.78, 5) is 14.1. The van der Waals surface area contributed by atoms with Crippen molar-refractivity contribution in [2.45, 2.75) is 59.6 Å². The first-order valence-corrected chi connectivity index (χ1v) is 10.4. The topological polar surface area (TPSA) is 38.8 Å². The average molecular weight is 398 g/mol. The van der Waals surface area contributed by atoms with E-state index in [0.29, 0.717) is 18.4 Å². The monoisotopic (exact) mass is 397 g/mol. The van der Waals surface area contributed by atoms with E-state index in [9.17, 15) is 4.79 Å². The molecular weight excluding hydrogens is 362 g/mol. The summed E-state index contributed by atoms with van der Waals surface area (Å²) in [6.45, 7) is 11.5. The molecule has 0 unspecified atom stereocenters. The quantitative estimate of drug-likeness (QED) is 0.519. The Morgan fingerprint density at radius 3 is 2.00 bits per heavy atom. The van der Waals surface area contributed by atoms with Crippen molar-refractivity contribution in [3.8, 4) is 11.5 Å². The normalized spacial score (nSPS) is 12.1. The van der Waals surface area contributed by atoms with Crippen LogP contribution in [0, 0.1) is 5.92 Å². The molecule has 0 spiro atoms. The molecule has 0 radical (unpaired) electrons. The van der Waals surface area contributed by atoms with Gasteiger partial charge in [-0.1, -0.05) is 38.1 Å². The third-order valence-electron chi connectivity index (χ3n) is 5.17. The molecule has 158 valence electrons. The summed E-state index contributed by atoms with van der Waals surface area (Å²) in [5.74, 6) is 2.70. The van der Waals surface area contributed by atoms with Crippen molar-refractivity contribution in [3.63, 3.8) is 0 Å². The van der Waals surface area contributed by atoms with Crippen LogP contribution in [0.15, 0.2) is 48.5 Å². The highest BCUT2D eigenvalue weighted by atomic mass is 16.5. The van der Waals surface area contributed by atoms with E-state index in [2.05, 4.69) is 26.0 Å². The third-order valence-corrected chi connectivity index (χ3v) is 5.17. The second kappa shape index (κ2) is 10.9. The summed E-state index contributed by atoms with van der Waals surface area (Å²) in [7, 11) is 1.66. The van der Waals surface area contributed by atoms with Crippen LogP contribution in [0.25, 0.3) is 0 Å². The van der Waals surface area contributed by atoms with Crippen molar-refractivity contribution in [2.75, 3.05) is 13.7 Å².